The number of carbonyl (C=O) groups excluding carboxylic acids is 1. The average Bonchev–Trinajstić information content (AvgIpc) is 3.42. The van der Waals surface area contributed by atoms with Gasteiger partial charge >= 0.3 is 12.5 Å². The number of hydrogen-bond donors (Lipinski definition) is 0. The largest absolute Gasteiger partial charge is 0.573 e. The molecule has 8 nitrogen and oxygen atoms in total. The van der Waals surface area contributed by atoms with Crippen molar-refractivity contribution in [3.05, 3.63) is 47.2 Å². The first-order valence-corrected chi connectivity index (χ1v) is 13.2. The van der Waals surface area contributed by atoms with E-state index in [1.54, 1.807) is 34.6 Å². The molecule has 0 unspecified atom stereocenters. The molecule has 3 aromatic rings. The SMILES string of the molecule is CC(C)(C)OC(=O)N1[C@@H](COc2cc(Cl)c(-c3nnc(-c4ccc(OC(F)(F)F)cc4)s3)cc2F)COC1(C)C. The van der Waals surface area contributed by atoms with Crippen molar-refractivity contribution in [2.45, 2.75) is 58.3 Å². The smallest absolute Gasteiger partial charge is 0.488 e. The van der Waals surface area contributed by atoms with Gasteiger partial charge in [0.15, 0.2) is 11.6 Å². The third-order valence-corrected chi connectivity index (χ3v) is 6.93. The van der Waals surface area contributed by atoms with Crippen LogP contribution in [0.15, 0.2) is 36.4 Å². The molecule has 1 aliphatic rings. The number of nitrogens with zero attached hydrogens (tertiary/aromatic N) is 3. The first kappa shape index (κ1) is 29.8. The minimum Gasteiger partial charge on any atom is -0.488 e. The number of hydrogen-bond acceptors (Lipinski definition) is 8. The summed E-state index contributed by atoms with van der Waals surface area (Å²) >= 11 is 7.50. The van der Waals surface area contributed by atoms with Gasteiger partial charge in [-0.05, 0) is 65.0 Å². The van der Waals surface area contributed by atoms with Crippen LogP contribution >= 0.6 is 22.9 Å². The molecule has 2 aromatic carbocycles. The maximum Gasteiger partial charge on any atom is 0.573 e. The van der Waals surface area contributed by atoms with Gasteiger partial charge in [0.2, 0.25) is 0 Å². The Hall–Kier alpha value is -3.16. The van der Waals surface area contributed by atoms with Gasteiger partial charge in [0.05, 0.1) is 17.7 Å². The molecule has 4 rings (SSSR count). The Morgan fingerprint density at radius 1 is 1.15 bits per heavy atom. The lowest BCUT2D eigenvalue weighted by Crippen LogP contribution is -2.51. The molecule has 1 atom stereocenters. The normalized spacial score (nSPS) is 17.1. The van der Waals surface area contributed by atoms with Crippen molar-refractivity contribution in [2.75, 3.05) is 13.2 Å². The van der Waals surface area contributed by atoms with Crippen molar-refractivity contribution in [1.82, 2.24) is 15.1 Å². The summed E-state index contributed by atoms with van der Waals surface area (Å²) in [6.45, 7) is 8.80. The van der Waals surface area contributed by atoms with Crippen molar-refractivity contribution in [2.24, 2.45) is 0 Å². The summed E-state index contributed by atoms with van der Waals surface area (Å²) in [5, 5.41) is 8.91. The maximum absolute atomic E-state index is 15.1. The van der Waals surface area contributed by atoms with Crippen molar-refractivity contribution in [1.29, 1.82) is 0 Å². The number of halogens is 5. The second-order valence-corrected chi connectivity index (χ2v) is 11.7. The van der Waals surface area contributed by atoms with Crippen LogP contribution in [0.3, 0.4) is 0 Å². The Morgan fingerprint density at radius 2 is 1.80 bits per heavy atom. The van der Waals surface area contributed by atoms with E-state index in [2.05, 4.69) is 14.9 Å². The molecule has 1 fully saturated rings. The van der Waals surface area contributed by atoms with Gasteiger partial charge in [-0.15, -0.1) is 23.4 Å². The lowest BCUT2D eigenvalue weighted by molar-refractivity contribution is -0.274. The fraction of sp³-hybridized carbons (Fsp3) is 0.423. The van der Waals surface area contributed by atoms with Crippen LogP contribution in [0.2, 0.25) is 5.02 Å². The van der Waals surface area contributed by atoms with Crippen LogP contribution in [0, 0.1) is 5.82 Å². The fourth-order valence-electron chi connectivity index (χ4n) is 3.92. The molecule has 1 amide bonds. The number of aromatic nitrogens is 2. The highest BCUT2D eigenvalue weighted by Crippen LogP contribution is 2.38. The third-order valence-electron chi connectivity index (χ3n) is 5.61. The van der Waals surface area contributed by atoms with E-state index >= 15 is 4.39 Å². The highest BCUT2D eigenvalue weighted by Gasteiger charge is 2.46. The zero-order chi connectivity index (χ0) is 29.5. The molecule has 40 heavy (non-hydrogen) atoms. The summed E-state index contributed by atoms with van der Waals surface area (Å²) in [5.41, 5.74) is -0.914. The van der Waals surface area contributed by atoms with Crippen LogP contribution in [-0.2, 0) is 9.47 Å². The van der Waals surface area contributed by atoms with Crippen molar-refractivity contribution in [3.63, 3.8) is 0 Å². The molecular formula is C26H26ClF4N3O5S. The Bertz CT molecular complexity index is 1380. The van der Waals surface area contributed by atoms with Crippen LogP contribution in [0.25, 0.3) is 21.1 Å². The van der Waals surface area contributed by atoms with Gasteiger partial charge in [-0.25, -0.2) is 9.18 Å². The number of alkyl halides is 3. The second-order valence-electron chi connectivity index (χ2n) is 10.3. The van der Waals surface area contributed by atoms with Gasteiger partial charge < -0.3 is 18.9 Å². The second kappa shape index (κ2) is 11.0. The lowest BCUT2D eigenvalue weighted by Gasteiger charge is -2.35. The summed E-state index contributed by atoms with van der Waals surface area (Å²) in [7, 11) is 0. The molecule has 216 valence electrons. The first-order chi connectivity index (χ1) is 18.5. The molecule has 0 saturated carbocycles. The number of carbonyl (C=O) groups is 1. The minimum absolute atomic E-state index is 0.0771. The van der Waals surface area contributed by atoms with E-state index in [1.807, 2.05) is 0 Å². The van der Waals surface area contributed by atoms with Gasteiger partial charge in [0.25, 0.3) is 0 Å². The number of rotatable bonds is 6. The summed E-state index contributed by atoms with van der Waals surface area (Å²) in [4.78, 5) is 14.2. The van der Waals surface area contributed by atoms with E-state index in [1.165, 1.54) is 23.1 Å². The molecule has 1 aromatic heterocycles. The predicted molar refractivity (Wildman–Crippen MR) is 140 cm³/mol. The van der Waals surface area contributed by atoms with Gasteiger partial charge in [0.1, 0.15) is 33.7 Å². The van der Waals surface area contributed by atoms with Gasteiger partial charge in [-0.3, -0.25) is 4.90 Å². The van der Waals surface area contributed by atoms with Crippen LogP contribution in [-0.4, -0.2) is 58.1 Å². The van der Waals surface area contributed by atoms with E-state index in [0.29, 0.717) is 15.6 Å². The highest BCUT2D eigenvalue weighted by atomic mass is 35.5. The van der Waals surface area contributed by atoms with Crippen LogP contribution in [0.1, 0.15) is 34.6 Å². The Morgan fingerprint density at radius 3 is 2.42 bits per heavy atom. The molecule has 0 radical (unpaired) electrons. The number of amides is 1. The molecule has 0 aliphatic carbocycles. The molecule has 0 N–H and O–H groups in total. The number of ether oxygens (including phenoxy) is 4. The predicted octanol–water partition coefficient (Wildman–Crippen LogP) is 7.31. The minimum atomic E-state index is -4.80. The van der Waals surface area contributed by atoms with Crippen molar-refractivity contribution < 1.29 is 41.3 Å². The Kier molecular flexibility index (Phi) is 8.21. The quantitative estimate of drug-likeness (QED) is 0.273. The molecule has 1 saturated heterocycles. The maximum atomic E-state index is 15.1. The van der Waals surface area contributed by atoms with E-state index in [4.69, 9.17) is 25.8 Å². The van der Waals surface area contributed by atoms with Crippen LogP contribution in [0.4, 0.5) is 22.4 Å². The molecule has 14 heteroatoms. The van der Waals surface area contributed by atoms with E-state index in [0.717, 1.165) is 29.5 Å². The number of benzene rings is 2. The highest BCUT2D eigenvalue weighted by molar-refractivity contribution is 7.18. The average molecular weight is 604 g/mol. The third kappa shape index (κ3) is 7.12. The van der Waals surface area contributed by atoms with Gasteiger partial charge in [-0.1, -0.05) is 22.9 Å². The first-order valence-electron chi connectivity index (χ1n) is 12.0. The monoisotopic (exact) mass is 603 g/mol. The molecular weight excluding hydrogens is 578 g/mol. The molecule has 1 aliphatic heterocycles. The van der Waals surface area contributed by atoms with Crippen LogP contribution < -0.4 is 9.47 Å². The summed E-state index contributed by atoms with van der Waals surface area (Å²) < 4.78 is 73.1. The lowest BCUT2D eigenvalue weighted by atomic mass is 10.2. The summed E-state index contributed by atoms with van der Waals surface area (Å²) in [6, 6.07) is 7.03. The Balaban J connectivity index is 1.47. The van der Waals surface area contributed by atoms with Gasteiger partial charge in [-0.2, -0.15) is 0 Å². The topological polar surface area (TPSA) is 83.0 Å². The molecule has 0 spiro atoms. The van der Waals surface area contributed by atoms with Gasteiger partial charge in [0, 0.05) is 17.2 Å². The fourth-order valence-corrected chi connectivity index (χ4v) is 5.10. The summed E-state index contributed by atoms with van der Waals surface area (Å²) in [6.07, 6.45) is -5.38. The van der Waals surface area contributed by atoms with E-state index < -0.39 is 35.6 Å². The van der Waals surface area contributed by atoms with Crippen molar-refractivity contribution >= 4 is 29.0 Å². The zero-order valence-corrected chi connectivity index (χ0v) is 23.7. The van der Waals surface area contributed by atoms with Crippen molar-refractivity contribution in [3.8, 4) is 32.6 Å². The van der Waals surface area contributed by atoms with E-state index in [-0.39, 0.29) is 35.3 Å². The standard InChI is InChI=1S/C26H26ClF4N3O5S/c1-24(2,3)39-23(35)34-15(13-37-25(34,4)5)12-36-20-11-18(27)17(10-19(20)28)22-33-32-21(40-22)14-6-8-16(9-7-14)38-26(29,30)31/h6-11,15H,12-13H2,1-5H3/t15-/m0/s1. The molecule has 2 heterocycles. The molecule has 0 bridgehead atoms. The Labute approximate surface area is 236 Å². The van der Waals surface area contributed by atoms with E-state index in [9.17, 15) is 18.0 Å². The summed E-state index contributed by atoms with van der Waals surface area (Å²) in [5.74, 6) is -1.22. The zero-order valence-electron chi connectivity index (χ0n) is 22.1. The van der Waals surface area contributed by atoms with Crippen LogP contribution in [0.5, 0.6) is 11.5 Å².